The molecule has 0 amide bonds. The van der Waals surface area contributed by atoms with Crippen molar-refractivity contribution < 1.29 is 0 Å². The van der Waals surface area contributed by atoms with Crippen LogP contribution in [0.2, 0.25) is 0 Å². The fourth-order valence-corrected chi connectivity index (χ4v) is 3.10. The second kappa shape index (κ2) is 9.52. The van der Waals surface area contributed by atoms with Crippen LogP contribution in [0.1, 0.15) is 23.4 Å². The van der Waals surface area contributed by atoms with Gasteiger partial charge in [0, 0.05) is 24.0 Å². The highest BCUT2D eigenvalue weighted by molar-refractivity contribution is 14.0. The number of thiophene rings is 1. The van der Waals surface area contributed by atoms with Crippen LogP contribution in [-0.2, 0) is 6.54 Å². The van der Waals surface area contributed by atoms with Crippen molar-refractivity contribution in [2.24, 2.45) is 4.99 Å². The van der Waals surface area contributed by atoms with E-state index in [1.54, 1.807) is 18.4 Å². The molecule has 0 aliphatic carbocycles. The summed E-state index contributed by atoms with van der Waals surface area (Å²) in [6.07, 6.45) is 1.51. The Labute approximate surface area is 168 Å². The number of aliphatic imine (C=N–C) groups is 1. The number of benzene rings is 1. The van der Waals surface area contributed by atoms with Crippen molar-refractivity contribution in [1.29, 1.82) is 0 Å². The smallest absolute Gasteiger partial charge is 0.191 e. The first-order valence-corrected chi connectivity index (χ1v) is 8.59. The molecule has 1 aromatic carbocycles. The van der Waals surface area contributed by atoms with Crippen molar-refractivity contribution in [2.45, 2.75) is 19.5 Å². The van der Waals surface area contributed by atoms with Gasteiger partial charge in [0.15, 0.2) is 11.8 Å². The molecule has 0 aliphatic rings. The second-order valence-corrected chi connectivity index (χ2v) is 6.32. The number of guanidine groups is 1. The molecule has 0 bridgehead atoms. The second-order valence-electron chi connectivity index (χ2n) is 5.34. The fraction of sp³-hybridized carbons (Fsp3) is 0.235. The van der Waals surface area contributed by atoms with Gasteiger partial charge in [-0.3, -0.25) is 10.1 Å². The lowest BCUT2D eigenvalue weighted by molar-refractivity contribution is 0.696. The van der Waals surface area contributed by atoms with E-state index in [9.17, 15) is 0 Å². The molecule has 25 heavy (non-hydrogen) atoms. The minimum Gasteiger partial charge on any atom is -0.352 e. The van der Waals surface area contributed by atoms with E-state index in [4.69, 9.17) is 0 Å². The zero-order valence-electron chi connectivity index (χ0n) is 14.1. The normalized spacial score (nSPS) is 12.3. The van der Waals surface area contributed by atoms with Crippen LogP contribution >= 0.6 is 35.3 Å². The predicted molar refractivity (Wildman–Crippen MR) is 113 cm³/mol. The summed E-state index contributed by atoms with van der Waals surface area (Å²) in [5.41, 5.74) is 2.16. The van der Waals surface area contributed by atoms with Crippen LogP contribution in [0.15, 0.2) is 53.1 Å². The maximum absolute atomic E-state index is 4.30. The summed E-state index contributed by atoms with van der Waals surface area (Å²) < 4.78 is 0. The van der Waals surface area contributed by atoms with Gasteiger partial charge >= 0.3 is 0 Å². The molecule has 0 fully saturated rings. The molecule has 3 rings (SSSR count). The lowest BCUT2D eigenvalue weighted by atomic mass is 10.1. The molecule has 1 unspecified atom stereocenters. The number of rotatable bonds is 5. The van der Waals surface area contributed by atoms with Crippen LogP contribution in [-0.4, -0.2) is 28.2 Å². The molecule has 0 saturated heterocycles. The number of hydrogen-bond acceptors (Lipinski definition) is 4. The number of halogens is 1. The van der Waals surface area contributed by atoms with Crippen molar-refractivity contribution in [2.75, 3.05) is 7.05 Å². The molecule has 3 aromatic rings. The number of H-pyrrole nitrogens is 1. The molecule has 1 atom stereocenters. The average Bonchev–Trinajstić information content (AvgIpc) is 3.32. The fourth-order valence-electron chi connectivity index (χ4n) is 2.37. The minimum atomic E-state index is 0. The third-order valence-electron chi connectivity index (χ3n) is 3.62. The topological polar surface area (TPSA) is 78.0 Å². The Morgan fingerprint density at radius 1 is 1.32 bits per heavy atom. The third-order valence-corrected chi connectivity index (χ3v) is 4.68. The Morgan fingerprint density at radius 3 is 2.88 bits per heavy atom. The van der Waals surface area contributed by atoms with Gasteiger partial charge in [0.05, 0.1) is 6.04 Å². The number of nitrogens with zero attached hydrogens (tertiary/aromatic N) is 3. The summed E-state index contributed by atoms with van der Waals surface area (Å²) in [6, 6.07) is 12.6. The van der Waals surface area contributed by atoms with E-state index in [0.29, 0.717) is 6.54 Å². The summed E-state index contributed by atoms with van der Waals surface area (Å²) in [5.74, 6) is 1.55. The van der Waals surface area contributed by atoms with Crippen LogP contribution in [0.4, 0.5) is 0 Å². The van der Waals surface area contributed by atoms with E-state index in [-0.39, 0.29) is 30.0 Å². The van der Waals surface area contributed by atoms with E-state index < -0.39 is 0 Å². The number of aromatic nitrogens is 3. The summed E-state index contributed by atoms with van der Waals surface area (Å²) in [6.45, 7) is 2.81. The Hall–Kier alpha value is -1.94. The van der Waals surface area contributed by atoms with Crippen molar-refractivity contribution in [1.82, 2.24) is 25.8 Å². The van der Waals surface area contributed by atoms with Crippen LogP contribution in [0, 0.1) is 0 Å². The number of nitrogens with one attached hydrogen (secondary N) is 3. The first-order valence-electron chi connectivity index (χ1n) is 7.71. The minimum absolute atomic E-state index is 0. The number of aromatic amines is 1. The number of hydrogen-bond donors (Lipinski definition) is 3. The van der Waals surface area contributed by atoms with Gasteiger partial charge in [-0.25, -0.2) is 4.98 Å². The molecule has 8 heteroatoms. The van der Waals surface area contributed by atoms with Gasteiger partial charge in [-0.05, 0) is 30.0 Å². The third kappa shape index (κ3) is 5.27. The van der Waals surface area contributed by atoms with E-state index in [1.807, 2.05) is 12.1 Å². The van der Waals surface area contributed by atoms with Crippen molar-refractivity contribution in [3.8, 4) is 11.4 Å². The lowest BCUT2D eigenvalue weighted by Crippen LogP contribution is -2.38. The van der Waals surface area contributed by atoms with Crippen molar-refractivity contribution in [3.63, 3.8) is 0 Å². The average molecular weight is 468 g/mol. The van der Waals surface area contributed by atoms with Gasteiger partial charge in [-0.1, -0.05) is 24.3 Å². The highest BCUT2D eigenvalue weighted by Crippen LogP contribution is 2.18. The van der Waals surface area contributed by atoms with Crippen molar-refractivity contribution >= 4 is 41.3 Å². The Kier molecular flexibility index (Phi) is 7.38. The molecule has 3 N–H and O–H groups in total. The molecular weight excluding hydrogens is 447 g/mol. The molecule has 0 radical (unpaired) electrons. The van der Waals surface area contributed by atoms with Gasteiger partial charge < -0.3 is 10.6 Å². The van der Waals surface area contributed by atoms with E-state index in [2.05, 4.69) is 67.4 Å². The Bertz CT molecular complexity index is 785. The first kappa shape index (κ1) is 19.4. The van der Waals surface area contributed by atoms with E-state index in [1.165, 1.54) is 11.2 Å². The molecule has 0 aliphatic heterocycles. The molecule has 0 saturated carbocycles. The maximum Gasteiger partial charge on any atom is 0.191 e. The molecule has 2 aromatic heterocycles. The quantitative estimate of drug-likeness (QED) is 0.304. The van der Waals surface area contributed by atoms with Gasteiger partial charge in [0.1, 0.15) is 6.33 Å². The van der Waals surface area contributed by atoms with Crippen molar-refractivity contribution in [3.05, 3.63) is 58.5 Å². The van der Waals surface area contributed by atoms with Crippen LogP contribution in [0.3, 0.4) is 0 Å². The molecular formula is C17H21IN6S. The predicted octanol–water partition coefficient (Wildman–Crippen LogP) is 3.58. The Morgan fingerprint density at radius 2 is 2.20 bits per heavy atom. The summed E-state index contributed by atoms with van der Waals surface area (Å²) in [4.78, 5) is 9.76. The van der Waals surface area contributed by atoms with Crippen LogP contribution in [0.25, 0.3) is 11.4 Å². The Balaban J connectivity index is 0.00000225. The lowest BCUT2D eigenvalue weighted by Gasteiger charge is -2.17. The zero-order valence-corrected chi connectivity index (χ0v) is 17.2. The van der Waals surface area contributed by atoms with Gasteiger partial charge in [-0.2, -0.15) is 5.10 Å². The monoisotopic (exact) mass is 468 g/mol. The molecule has 2 heterocycles. The van der Waals surface area contributed by atoms with Crippen LogP contribution < -0.4 is 10.6 Å². The molecule has 0 spiro atoms. The highest BCUT2D eigenvalue weighted by Gasteiger charge is 2.08. The van der Waals surface area contributed by atoms with E-state index >= 15 is 0 Å². The molecule has 6 nitrogen and oxygen atoms in total. The van der Waals surface area contributed by atoms with E-state index in [0.717, 1.165) is 22.9 Å². The summed E-state index contributed by atoms with van der Waals surface area (Å²) >= 11 is 1.74. The zero-order chi connectivity index (χ0) is 16.8. The highest BCUT2D eigenvalue weighted by atomic mass is 127. The molecule has 132 valence electrons. The SMILES string of the molecule is CN=C(NCc1cccc(-c2ncn[nH]2)c1)NC(C)c1cccs1.I. The van der Waals surface area contributed by atoms with Gasteiger partial charge in [0.25, 0.3) is 0 Å². The maximum atomic E-state index is 4.30. The van der Waals surface area contributed by atoms with Gasteiger partial charge in [-0.15, -0.1) is 35.3 Å². The largest absolute Gasteiger partial charge is 0.352 e. The first-order chi connectivity index (χ1) is 11.8. The standard InChI is InChI=1S/C17H20N6S.HI/c1-12(15-7-4-8-24-15)22-17(18-2)19-10-13-5-3-6-14(9-13)16-20-11-21-23-16;/h3-9,11-12H,10H2,1-2H3,(H2,18,19,22)(H,20,21,23);1H. The van der Waals surface area contributed by atoms with Crippen LogP contribution in [0.5, 0.6) is 0 Å². The summed E-state index contributed by atoms with van der Waals surface area (Å²) in [5, 5.41) is 15.6. The summed E-state index contributed by atoms with van der Waals surface area (Å²) in [7, 11) is 1.78. The van der Waals surface area contributed by atoms with Gasteiger partial charge in [0.2, 0.25) is 0 Å².